The maximum absolute atomic E-state index is 12.4. The quantitative estimate of drug-likeness (QED) is 0.558. The summed E-state index contributed by atoms with van der Waals surface area (Å²) in [4.78, 5) is 36.4. The molecule has 0 bridgehead atoms. The zero-order valence-corrected chi connectivity index (χ0v) is 18.7. The molecule has 0 aromatic heterocycles. The molecule has 31 heavy (non-hydrogen) atoms. The first-order valence-electron chi connectivity index (χ1n) is 9.15. The molecule has 2 aromatic rings. The molecule has 1 aliphatic rings. The van der Waals surface area contributed by atoms with Crippen LogP contribution in [0, 0.1) is 0 Å². The molecular formula is C21H18Cl2N2O5S. The molecule has 1 aliphatic heterocycles. The first kappa shape index (κ1) is 23.0. The third-order valence-corrected chi connectivity index (χ3v) is 5.55. The van der Waals surface area contributed by atoms with Crippen LogP contribution in [0.3, 0.4) is 0 Å². The van der Waals surface area contributed by atoms with Crippen LogP contribution in [0.1, 0.15) is 18.1 Å². The van der Waals surface area contributed by atoms with Gasteiger partial charge in [0.15, 0.2) is 11.5 Å². The number of imide groups is 1. The van der Waals surface area contributed by atoms with Crippen molar-refractivity contribution in [3.05, 3.63) is 62.5 Å². The number of nitrogens with zero attached hydrogens (tertiary/aromatic N) is 1. The van der Waals surface area contributed by atoms with Crippen molar-refractivity contribution in [1.82, 2.24) is 4.90 Å². The smallest absolute Gasteiger partial charge is 0.294 e. The summed E-state index contributed by atoms with van der Waals surface area (Å²) >= 11 is 13.0. The predicted molar refractivity (Wildman–Crippen MR) is 120 cm³/mol. The van der Waals surface area contributed by atoms with Gasteiger partial charge in [-0.05, 0) is 60.2 Å². The van der Waals surface area contributed by atoms with Crippen LogP contribution in [-0.4, -0.2) is 35.1 Å². The normalized spacial score (nSPS) is 14.9. The molecule has 3 amide bonds. The van der Waals surface area contributed by atoms with E-state index < -0.39 is 23.6 Å². The number of carbonyl (C=O) groups is 3. The molecule has 2 aromatic carbocycles. The monoisotopic (exact) mass is 480 g/mol. The van der Waals surface area contributed by atoms with Crippen molar-refractivity contribution in [1.29, 1.82) is 0 Å². The summed E-state index contributed by atoms with van der Waals surface area (Å²) in [5.41, 5.74) is 6.53. The average molecular weight is 481 g/mol. The summed E-state index contributed by atoms with van der Waals surface area (Å²) in [6.07, 6.45) is 1.50. The van der Waals surface area contributed by atoms with Gasteiger partial charge in [0, 0.05) is 5.02 Å². The Morgan fingerprint density at radius 3 is 2.52 bits per heavy atom. The van der Waals surface area contributed by atoms with Gasteiger partial charge in [-0.1, -0.05) is 35.3 Å². The lowest BCUT2D eigenvalue weighted by Gasteiger charge is -2.15. The number of amides is 3. The van der Waals surface area contributed by atoms with Crippen LogP contribution < -0.4 is 15.2 Å². The molecule has 0 atom stereocenters. The number of ether oxygens (including phenoxy) is 2. The van der Waals surface area contributed by atoms with Crippen molar-refractivity contribution in [2.45, 2.75) is 13.5 Å². The Morgan fingerprint density at radius 2 is 1.87 bits per heavy atom. The molecular weight excluding hydrogens is 463 g/mol. The van der Waals surface area contributed by atoms with Crippen molar-refractivity contribution in [3.8, 4) is 11.5 Å². The summed E-state index contributed by atoms with van der Waals surface area (Å²) in [5, 5.41) is 0.345. The van der Waals surface area contributed by atoms with Crippen LogP contribution >= 0.6 is 35.0 Å². The van der Waals surface area contributed by atoms with Gasteiger partial charge in [0.2, 0.25) is 5.91 Å². The van der Waals surface area contributed by atoms with Gasteiger partial charge in [-0.2, -0.15) is 0 Å². The number of rotatable bonds is 8. The second-order valence-electron chi connectivity index (χ2n) is 6.41. The van der Waals surface area contributed by atoms with Gasteiger partial charge in [0.05, 0.1) is 16.5 Å². The van der Waals surface area contributed by atoms with Crippen LogP contribution in [0.5, 0.6) is 11.5 Å². The molecule has 162 valence electrons. The molecule has 0 aliphatic carbocycles. The number of carbonyl (C=O) groups excluding carboxylic acids is 3. The summed E-state index contributed by atoms with van der Waals surface area (Å²) in [6.45, 7) is 1.97. The van der Waals surface area contributed by atoms with Crippen LogP contribution in [0.4, 0.5) is 4.79 Å². The molecule has 1 heterocycles. The summed E-state index contributed by atoms with van der Waals surface area (Å²) in [5.74, 6) is -0.609. The topological polar surface area (TPSA) is 98.9 Å². The van der Waals surface area contributed by atoms with E-state index in [1.165, 1.54) is 6.08 Å². The first-order valence-corrected chi connectivity index (χ1v) is 10.7. The zero-order chi connectivity index (χ0) is 22.5. The zero-order valence-electron chi connectivity index (χ0n) is 16.4. The largest absolute Gasteiger partial charge is 0.490 e. The number of nitrogens with two attached hydrogens (primary N) is 1. The predicted octanol–water partition coefficient (Wildman–Crippen LogP) is 4.49. The molecule has 1 fully saturated rings. The third kappa shape index (κ3) is 5.72. The highest BCUT2D eigenvalue weighted by Crippen LogP contribution is 2.39. The minimum Gasteiger partial charge on any atom is -0.490 e. The summed E-state index contributed by atoms with van der Waals surface area (Å²) < 4.78 is 11.5. The summed E-state index contributed by atoms with van der Waals surface area (Å²) in [7, 11) is 0. The fourth-order valence-corrected chi connectivity index (χ4v) is 3.99. The van der Waals surface area contributed by atoms with E-state index in [9.17, 15) is 14.4 Å². The Hall–Kier alpha value is -2.68. The van der Waals surface area contributed by atoms with Crippen molar-refractivity contribution in [3.63, 3.8) is 0 Å². The lowest BCUT2D eigenvalue weighted by Crippen LogP contribution is -2.36. The minimum atomic E-state index is -0.771. The molecule has 7 nitrogen and oxygen atoms in total. The van der Waals surface area contributed by atoms with Gasteiger partial charge in [-0.3, -0.25) is 19.3 Å². The Labute approximate surface area is 193 Å². The molecule has 0 radical (unpaired) electrons. The Kier molecular flexibility index (Phi) is 7.48. The van der Waals surface area contributed by atoms with Gasteiger partial charge in [0.1, 0.15) is 13.2 Å². The van der Waals surface area contributed by atoms with E-state index in [2.05, 4.69) is 0 Å². The van der Waals surface area contributed by atoms with E-state index in [0.717, 1.165) is 22.2 Å². The molecule has 10 heteroatoms. The Balaban J connectivity index is 1.85. The number of primary amides is 1. The number of hydrogen-bond donors (Lipinski definition) is 1. The lowest BCUT2D eigenvalue weighted by molar-refractivity contribution is -0.127. The van der Waals surface area contributed by atoms with Crippen LogP contribution in [0.15, 0.2) is 41.3 Å². The fourth-order valence-electron chi connectivity index (χ4n) is 2.75. The standard InChI is InChI=1S/C21H18Cl2N2O5S/c1-2-29-16-8-13(9-17-20(27)25(10-18(24)26)21(28)31-17)7-15(23)19(16)30-11-12-3-5-14(22)6-4-12/h3-9H,2,10-11H2,1H3,(H2,24,26)/b17-9-. The highest BCUT2D eigenvalue weighted by atomic mass is 35.5. The minimum absolute atomic E-state index is 0.152. The fraction of sp³-hybridized carbons (Fsp3) is 0.190. The van der Waals surface area contributed by atoms with Gasteiger partial charge < -0.3 is 15.2 Å². The van der Waals surface area contributed by atoms with E-state index in [0.29, 0.717) is 28.7 Å². The van der Waals surface area contributed by atoms with Crippen LogP contribution in [0.25, 0.3) is 6.08 Å². The van der Waals surface area contributed by atoms with Gasteiger partial charge in [-0.25, -0.2) is 0 Å². The van der Waals surface area contributed by atoms with Crippen LogP contribution in [0.2, 0.25) is 10.0 Å². The molecule has 2 N–H and O–H groups in total. The number of thioether (sulfide) groups is 1. The van der Waals surface area contributed by atoms with E-state index in [-0.39, 0.29) is 16.5 Å². The van der Waals surface area contributed by atoms with E-state index >= 15 is 0 Å². The maximum atomic E-state index is 12.4. The maximum Gasteiger partial charge on any atom is 0.294 e. The summed E-state index contributed by atoms with van der Waals surface area (Å²) in [6, 6.07) is 10.5. The first-order chi connectivity index (χ1) is 14.8. The Bertz CT molecular complexity index is 1060. The van der Waals surface area contributed by atoms with E-state index in [4.69, 9.17) is 38.4 Å². The van der Waals surface area contributed by atoms with Crippen molar-refractivity contribution < 1.29 is 23.9 Å². The van der Waals surface area contributed by atoms with E-state index in [1.807, 2.05) is 19.1 Å². The van der Waals surface area contributed by atoms with E-state index in [1.54, 1.807) is 24.3 Å². The van der Waals surface area contributed by atoms with Gasteiger partial charge >= 0.3 is 0 Å². The van der Waals surface area contributed by atoms with Crippen LogP contribution in [-0.2, 0) is 16.2 Å². The number of benzene rings is 2. The van der Waals surface area contributed by atoms with Gasteiger partial charge in [-0.15, -0.1) is 0 Å². The van der Waals surface area contributed by atoms with Crippen molar-refractivity contribution >= 4 is 58.1 Å². The van der Waals surface area contributed by atoms with Crippen molar-refractivity contribution in [2.75, 3.05) is 13.2 Å². The molecule has 0 saturated carbocycles. The van der Waals surface area contributed by atoms with Gasteiger partial charge in [0.25, 0.3) is 11.1 Å². The third-order valence-electron chi connectivity index (χ3n) is 4.11. The molecule has 3 rings (SSSR count). The molecule has 0 spiro atoms. The number of hydrogen-bond acceptors (Lipinski definition) is 6. The highest BCUT2D eigenvalue weighted by Gasteiger charge is 2.35. The average Bonchev–Trinajstić information content (AvgIpc) is 2.96. The second kappa shape index (κ2) is 10.1. The highest BCUT2D eigenvalue weighted by molar-refractivity contribution is 8.18. The number of halogens is 2. The Morgan fingerprint density at radius 1 is 1.16 bits per heavy atom. The SMILES string of the molecule is CCOc1cc(/C=C2\SC(=O)N(CC(N)=O)C2=O)cc(Cl)c1OCc1ccc(Cl)cc1. The second-order valence-corrected chi connectivity index (χ2v) is 8.25. The molecule has 0 unspecified atom stereocenters. The van der Waals surface area contributed by atoms with Crippen molar-refractivity contribution in [2.24, 2.45) is 5.73 Å². The lowest BCUT2D eigenvalue weighted by atomic mass is 10.1. The molecule has 1 saturated heterocycles.